The SMILES string of the molecule is c1ccc(-c2cc(N(c3ccc4ccc5ccc6ccccc6c5c4c3)c3cccc4sc5ccccc5c34)ccc2-c2ccc(-n3c4ccccc4c4ccccc43)cc2)cc1. The standard InChI is InChI=1S/C60H38N2S/c1-2-13-39(14-3-1)52-37-46(35-36-47(52)41-29-32-44(33-30-41)62-54-20-9-6-17-49(54)50-18-7-10-21-55(50)62)61(56-22-12-24-58-60(56)51-19-8-11-23-57(51)63-58)45-34-31-42-26-28-43-27-25-40-15-4-5-16-48(40)59(43)53(42)38-45/h1-38H. The molecule has 0 N–H and O–H groups in total. The predicted octanol–water partition coefficient (Wildman–Crippen LogP) is 17.4. The van der Waals surface area contributed by atoms with E-state index in [1.807, 2.05) is 11.3 Å². The van der Waals surface area contributed by atoms with Crippen LogP contribution in [0.4, 0.5) is 17.1 Å². The van der Waals surface area contributed by atoms with E-state index in [0.29, 0.717) is 0 Å². The average molecular weight is 819 g/mol. The molecule has 2 nitrogen and oxygen atoms in total. The van der Waals surface area contributed by atoms with Crippen molar-refractivity contribution in [3.63, 3.8) is 0 Å². The van der Waals surface area contributed by atoms with Gasteiger partial charge in [0.15, 0.2) is 0 Å². The van der Waals surface area contributed by atoms with Crippen molar-refractivity contribution in [1.82, 2.24) is 4.57 Å². The van der Waals surface area contributed by atoms with Gasteiger partial charge in [-0.2, -0.15) is 0 Å². The Labute approximate surface area is 368 Å². The first-order valence-electron chi connectivity index (χ1n) is 21.6. The number of rotatable bonds is 6. The highest BCUT2D eigenvalue weighted by Crippen LogP contribution is 2.48. The van der Waals surface area contributed by atoms with E-state index in [-0.39, 0.29) is 0 Å². The van der Waals surface area contributed by atoms with Crippen molar-refractivity contribution < 1.29 is 0 Å². The normalized spacial score (nSPS) is 11.8. The summed E-state index contributed by atoms with van der Waals surface area (Å²) in [5, 5.41) is 12.6. The van der Waals surface area contributed by atoms with Crippen molar-refractivity contribution in [2.45, 2.75) is 0 Å². The van der Waals surface area contributed by atoms with Gasteiger partial charge in [0.1, 0.15) is 0 Å². The van der Waals surface area contributed by atoms with Crippen LogP contribution in [0.15, 0.2) is 231 Å². The lowest BCUT2D eigenvalue weighted by Crippen LogP contribution is -2.10. The first kappa shape index (κ1) is 35.7. The maximum atomic E-state index is 2.49. The summed E-state index contributed by atoms with van der Waals surface area (Å²) >= 11 is 1.86. The van der Waals surface area contributed by atoms with Gasteiger partial charge in [-0.15, -0.1) is 11.3 Å². The molecule has 2 aromatic heterocycles. The third kappa shape index (κ3) is 5.71. The van der Waals surface area contributed by atoms with Crippen molar-refractivity contribution >= 4 is 103 Å². The van der Waals surface area contributed by atoms with E-state index < -0.39 is 0 Å². The van der Waals surface area contributed by atoms with Crippen molar-refractivity contribution in [3.8, 4) is 27.9 Å². The average Bonchev–Trinajstić information content (AvgIpc) is 3.91. The maximum absolute atomic E-state index is 2.49. The minimum absolute atomic E-state index is 1.10. The van der Waals surface area contributed by atoms with Crippen LogP contribution in [0.2, 0.25) is 0 Å². The topological polar surface area (TPSA) is 8.17 Å². The molecule has 0 atom stereocenters. The van der Waals surface area contributed by atoms with E-state index in [9.17, 15) is 0 Å². The Bertz CT molecular complexity index is 3850. The van der Waals surface area contributed by atoms with E-state index in [1.165, 1.54) is 96.5 Å². The van der Waals surface area contributed by atoms with Gasteiger partial charge in [0.05, 0.1) is 16.7 Å². The molecule has 0 unspecified atom stereocenters. The Balaban J connectivity index is 1.03. The second kappa shape index (κ2) is 14.3. The van der Waals surface area contributed by atoms with E-state index in [0.717, 1.165) is 22.7 Å². The molecule has 2 heterocycles. The molecular formula is C60H38N2S. The lowest BCUT2D eigenvalue weighted by Gasteiger charge is -2.28. The smallest absolute Gasteiger partial charge is 0.0554 e. The van der Waals surface area contributed by atoms with Crippen LogP contribution in [-0.4, -0.2) is 4.57 Å². The molecule has 0 saturated heterocycles. The fraction of sp³-hybridized carbons (Fsp3) is 0. The quantitative estimate of drug-likeness (QED) is 0.152. The van der Waals surface area contributed by atoms with Gasteiger partial charge in [0.2, 0.25) is 0 Å². The van der Waals surface area contributed by atoms with Crippen LogP contribution in [0.5, 0.6) is 0 Å². The molecule has 0 bridgehead atoms. The summed E-state index contributed by atoms with van der Waals surface area (Å²) in [6, 6.07) is 84.9. The number of hydrogen-bond acceptors (Lipinski definition) is 2. The second-order valence-electron chi connectivity index (χ2n) is 16.5. The molecule has 13 aromatic rings. The monoisotopic (exact) mass is 818 g/mol. The number of benzene rings is 11. The zero-order chi connectivity index (χ0) is 41.4. The van der Waals surface area contributed by atoms with Crippen LogP contribution in [0, 0.1) is 0 Å². The molecule has 0 aliphatic rings. The fourth-order valence-corrected chi connectivity index (χ4v) is 11.2. The van der Waals surface area contributed by atoms with Crippen LogP contribution >= 0.6 is 11.3 Å². The summed E-state index contributed by atoms with van der Waals surface area (Å²) in [5.41, 5.74) is 11.7. The second-order valence-corrected chi connectivity index (χ2v) is 17.5. The van der Waals surface area contributed by atoms with Gasteiger partial charge in [-0.25, -0.2) is 0 Å². The first-order valence-corrected chi connectivity index (χ1v) is 22.4. The molecule has 3 heteroatoms. The molecule has 0 aliphatic carbocycles. The molecule has 0 spiro atoms. The lowest BCUT2D eigenvalue weighted by atomic mass is 9.93. The van der Waals surface area contributed by atoms with Gasteiger partial charge in [-0.1, -0.05) is 164 Å². The van der Waals surface area contributed by atoms with Gasteiger partial charge in [0.25, 0.3) is 0 Å². The molecule has 11 aromatic carbocycles. The van der Waals surface area contributed by atoms with Gasteiger partial charge in [0, 0.05) is 48.0 Å². The van der Waals surface area contributed by atoms with E-state index in [2.05, 4.69) is 240 Å². The Hall–Kier alpha value is -7.98. The molecule has 0 amide bonds. The summed E-state index contributed by atoms with van der Waals surface area (Å²) in [6.07, 6.45) is 0. The highest BCUT2D eigenvalue weighted by atomic mass is 32.1. The lowest BCUT2D eigenvalue weighted by molar-refractivity contribution is 1.18. The summed E-state index contributed by atoms with van der Waals surface area (Å²) in [4.78, 5) is 2.49. The Morgan fingerprint density at radius 1 is 0.333 bits per heavy atom. The van der Waals surface area contributed by atoms with E-state index >= 15 is 0 Å². The molecule has 0 fully saturated rings. The van der Waals surface area contributed by atoms with Crippen LogP contribution < -0.4 is 4.90 Å². The highest BCUT2D eigenvalue weighted by molar-refractivity contribution is 7.26. The number of fused-ring (bicyclic) bond motifs is 11. The third-order valence-electron chi connectivity index (χ3n) is 13.0. The summed E-state index contributed by atoms with van der Waals surface area (Å²) in [6.45, 7) is 0. The third-order valence-corrected chi connectivity index (χ3v) is 14.1. The van der Waals surface area contributed by atoms with Crippen molar-refractivity contribution in [2.75, 3.05) is 4.90 Å². The predicted molar refractivity (Wildman–Crippen MR) is 272 cm³/mol. The fourth-order valence-electron chi connectivity index (χ4n) is 10.1. The zero-order valence-corrected chi connectivity index (χ0v) is 35.1. The molecule has 294 valence electrons. The number of aromatic nitrogens is 1. The Morgan fingerprint density at radius 3 is 1.68 bits per heavy atom. The van der Waals surface area contributed by atoms with Crippen molar-refractivity contribution in [1.29, 1.82) is 0 Å². The van der Waals surface area contributed by atoms with Crippen molar-refractivity contribution in [3.05, 3.63) is 231 Å². The highest BCUT2D eigenvalue weighted by Gasteiger charge is 2.22. The van der Waals surface area contributed by atoms with E-state index in [1.54, 1.807) is 0 Å². The molecule has 0 aliphatic heterocycles. The Morgan fingerprint density at radius 2 is 0.905 bits per heavy atom. The molecule has 63 heavy (non-hydrogen) atoms. The minimum Gasteiger partial charge on any atom is -0.310 e. The van der Waals surface area contributed by atoms with E-state index in [4.69, 9.17) is 0 Å². The summed E-state index contributed by atoms with van der Waals surface area (Å²) in [5.74, 6) is 0. The molecule has 0 radical (unpaired) electrons. The zero-order valence-electron chi connectivity index (χ0n) is 34.2. The van der Waals surface area contributed by atoms with Crippen LogP contribution in [0.25, 0.3) is 102 Å². The van der Waals surface area contributed by atoms with Crippen LogP contribution in [0.1, 0.15) is 0 Å². The molecular weight excluding hydrogens is 781 g/mol. The minimum atomic E-state index is 1.10. The van der Waals surface area contributed by atoms with Crippen molar-refractivity contribution in [2.24, 2.45) is 0 Å². The molecule has 0 saturated carbocycles. The number of para-hydroxylation sites is 2. The van der Waals surface area contributed by atoms with Gasteiger partial charge >= 0.3 is 0 Å². The maximum Gasteiger partial charge on any atom is 0.0554 e. The molecule has 13 rings (SSSR count). The van der Waals surface area contributed by atoms with Gasteiger partial charge in [-0.3, -0.25) is 0 Å². The first-order chi connectivity index (χ1) is 31.2. The van der Waals surface area contributed by atoms with Gasteiger partial charge in [-0.05, 0) is 121 Å². The number of thiophene rings is 1. The number of anilines is 3. The largest absolute Gasteiger partial charge is 0.310 e. The van der Waals surface area contributed by atoms with Crippen LogP contribution in [-0.2, 0) is 0 Å². The Kier molecular flexibility index (Phi) is 8.12. The van der Waals surface area contributed by atoms with Crippen LogP contribution in [0.3, 0.4) is 0 Å². The number of nitrogens with zero attached hydrogens (tertiary/aromatic N) is 2. The van der Waals surface area contributed by atoms with Gasteiger partial charge < -0.3 is 9.47 Å². The summed E-state index contributed by atoms with van der Waals surface area (Å²) < 4.78 is 4.96. The number of hydrogen-bond donors (Lipinski definition) is 0. The summed E-state index contributed by atoms with van der Waals surface area (Å²) in [7, 11) is 0.